The third kappa shape index (κ3) is 3.03. The standard InChI is InChI=1S/C15H26N6O2/c1-6-20(7-2)10-9-16-14-17-12-11(21(14)8-3)13(22)19(5)15(23)18(12)4/h6-10H2,1-5H3,(H,16,17)/p+1. The number of hydrogen-bond acceptors (Lipinski definition) is 4. The van der Waals surface area contributed by atoms with E-state index in [4.69, 9.17) is 0 Å². The molecule has 0 radical (unpaired) electrons. The first kappa shape index (κ1) is 17.3. The molecule has 128 valence electrons. The van der Waals surface area contributed by atoms with E-state index in [9.17, 15) is 9.59 Å². The molecule has 0 bridgehead atoms. The predicted octanol–water partition coefficient (Wildman–Crippen LogP) is -1.21. The molecule has 0 aliphatic rings. The average molecular weight is 323 g/mol. The van der Waals surface area contributed by atoms with Crippen molar-refractivity contribution in [3.05, 3.63) is 20.8 Å². The summed E-state index contributed by atoms with van der Waals surface area (Å²) < 4.78 is 4.39. The van der Waals surface area contributed by atoms with Gasteiger partial charge in [-0.05, 0) is 20.8 Å². The van der Waals surface area contributed by atoms with E-state index in [1.54, 1.807) is 7.05 Å². The molecule has 23 heavy (non-hydrogen) atoms. The van der Waals surface area contributed by atoms with Gasteiger partial charge >= 0.3 is 5.69 Å². The summed E-state index contributed by atoms with van der Waals surface area (Å²) in [5.74, 6) is 0.646. The van der Waals surface area contributed by atoms with Crippen LogP contribution in [0.1, 0.15) is 20.8 Å². The molecule has 0 aromatic carbocycles. The summed E-state index contributed by atoms with van der Waals surface area (Å²) in [6.45, 7) is 10.8. The lowest BCUT2D eigenvalue weighted by Gasteiger charge is -2.16. The van der Waals surface area contributed by atoms with Crippen molar-refractivity contribution in [3.63, 3.8) is 0 Å². The Labute approximate surface area is 135 Å². The number of nitrogens with zero attached hydrogens (tertiary/aromatic N) is 4. The lowest BCUT2D eigenvalue weighted by atomic mass is 10.4. The molecule has 8 nitrogen and oxygen atoms in total. The van der Waals surface area contributed by atoms with E-state index < -0.39 is 0 Å². The smallest absolute Gasteiger partial charge is 0.332 e. The quantitative estimate of drug-likeness (QED) is 0.670. The van der Waals surface area contributed by atoms with Gasteiger partial charge in [0.1, 0.15) is 0 Å². The molecule has 0 atom stereocenters. The molecule has 0 unspecified atom stereocenters. The van der Waals surface area contributed by atoms with Gasteiger partial charge in [0, 0.05) is 20.6 Å². The molecule has 2 rings (SSSR count). The Balaban J connectivity index is 2.42. The molecule has 2 aromatic heterocycles. The van der Waals surface area contributed by atoms with Gasteiger partial charge in [-0.25, -0.2) is 4.79 Å². The van der Waals surface area contributed by atoms with Crippen LogP contribution in [0.25, 0.3) is 11.2 Å². The largest absolute Gasteiger partial charge is 0.350 e. The van der Waals surface area contributed by atoms with Crippen molar-refractivity contribution in [1.29, 1.82) is 0 Å². The zero-order valence-corrected chi connectivity index (χ0v) is 14.6. The van der Waals surface area contributed by atoms with E-state index in [-0.39, 0.29) is 11.2 Å². The third-order valence-electron chi connectivity index (χ3n) is 4.43. The Morgan fingerprint density at radius 2 is 1.74 bits per heavy atom. The van der Waals surface area contributed by atoms with Gasteiger partial charge in [0.05, 0.1) is 26.2 Å². The number of anilines is 1. The van der Waals surface area contributed by atoms with Gasteiger partial charge < -0.3 is 14.8 Å². The number of hydrogen-bond donors (Lipinski definition) is 2. The molecule has 2 heterocycles. The number of imidazole rings is 1. The Morgan fingerprint density at radius 3 is 2.30 bits per heavy atom. The summed E-state index contributed by atoms with van der Waals surface area (Å²) in [5, 5.41) is 3.31. The van der Waals surface area contributed by atoms with Gasteiger partial charge in [-0.2, -0.15) is 4.98 Å². The van der Waals surface area contributed by atoms with Crippen LogP contribution < -0.4 is 21.5 Å². The first-order valence-corrected chi connectivity index (χ1v) is 8.19. The second-order valence-electron chi connectivity index (χ2n) is 5.69. The molecule has 0 amide bonds. The average Bonchev–Trinajstić information content (AvgIpc) is 2.93. The molecule has 2 aromatic rings. The van der Waals surface area contributed by atoms with Gasteiger partial charge in [-0.15, -0.1) is 0 Å². The summed E-state index contributed by atoms with van der Waals surface area (Å²) in [6.07, 6.45) is 0. The van der Waals surface area contributed by atoms with E-state index in [0.717, 1.165) is 30.7 Å². The lowest BCUT2D eigenvalue weighted by Crippen LogP contribution is -3.12. The Kier molecular flexibility index (Phi) is 5.25. The zero-order valence-electron chi connectivity index (χ0n) is 14.6. The van der Waals surface area contributed by atoms with Crippen LogP contribution in [0.2, 0.25) is 0 Å². The van der Waals surface area contributed by atoms with Gasteiger partial charge in [-0.3, -0.25) is 13.9 Å². The molecule has 0 saturated heterocycles. The van der Waals surface area contributed by atoms with Crippen molar-refractivity contribution in [3.8, 4) is 0 Å². The second kappa shape index (κ2) is 6.99. The van der Waals surface area contributed by atoms with Crippen LogP contribution in [0.3, 0.4) is 0 Å². The maximum absolute atomic E-state index is 12.4. The number of likely N-dealkylation sites (N-methyl/N-ethyl adjacent to an activating group) is 1. The second-order valence-corrected chi connectivity index (χ2v) is 5.69. The monoisotopic (exact) mass is 323 g/mol. The van der Waals surface area contributed by atoms with Crippen LogP contribution in [0.15, 0.2) is 9.59 Å². The highest BCUT2D eigenvalue weighted by Gasteiger charge is 2.18. The molecule has 8 heteroatoms. The Morgan fingerprint density at radius 1 is 1.09 bits per heavy atom. The molecule has 0 fully saturated rings. The number of aromatic nitrogens is 4. The van der Waals surface area contributed by atoms with Crippen molar-refractivity contribution < 1.29 is 4.90 Å². The fraction of sp³-hybridized carbons (Fsp3) is 0.667. The van der Waals surface area contributed by atoms with E-state index in [1.165, 1.54) is 16.5 Å². The van der Waals surface area contributed by atoms with Crippen LogP contribution in [-0.2, 0) is 20.6 Å². The highest BCUT2D eigenvalue weighted by molar-refractivity contribution is 5.74. The van der Waals surface area contributed by atoms with Gasteiger partial charge in [-0.1, -0.05) is 0 Å². The van der Waals surface area contributed by atoms with E-state index in [0.29, 0.717) is 23.7 Å². The van der Waals surface area contributed by atoms with Crippen LogP contribution in [0.4, 0.5) is 5.95 Å². The topological polar surface area (TPSA) is 78.3 Å². The summed E-state index contributed by atoms with van der Waals surface area (Å²) in [4.78, 5) is 30.5. The van der Waals surface area contributed by atoms with E-state index in [2.05, 4.69) is 24.1 Å². The molecule has 0 spiro atoms. The third-order valence-corrected chi connectivity index (χ3v) is 4.43. The van der Waals surface area contributed by atoms with Crippen LogP contribution in [0, 0.1) is 0 Å². The van der Waals surface area contributed by atoms with E-state index >= 15 is 0 Å². The van der Waals surface area contributed by atoms with Crippen molar-refractivity contribution in [2.45, 2.75) is 27.3 Å². The highest BCUT2D eigenvalue weighted by Crippen LogP contribution is 2.14. The number of quaternary nitrogens is 1. The SMILES string of the molecule is CCn1c(NCC[NH+](CC)CC)nc2c1c(=O)n(C)c(=O)n2C. The molecular weight excluding hydrogens is 296 g/mol. The summed E-state index contributed by atoms with van der Waals surface area (Å²) in [5.41, 5.74) is 0.231. The minimum atomic E-state index is -0.359. The van der Waals surface area contributed by atoms with Crippen molar-refractivity contribution in [2.75, 3.05) is 31.5 Å². The molecular formula is C15H27N6O2+. The summed E-state index contributed by atoms with van der Waals surface area (Å²) in [7, 11) is 3.13. The first-order valence-electron chi connectivity index (χ1n) is 8.19. The Hall–Kier alpha value is -2.09. The van der Waals surface area contributed by atoms with Crippen LogP contribution >= 0.6 is 0 Å². The van der Waals surface area contributed by atoms with Gasteiger partial charge in [0.15, 0.2) is 11.2 Å². The van der Waals surface area contributed by atoms with Crippen LogP contribution in [0.5, 0.6) is 0 Å². The minimum Gasteiger partial charge on any atom is -0.350 e. The predicted molar refractivity (Wildman–Crippen MR) is 91.3 cm³/mol. The van der Waals surface area contributed by atoms with Crippen molar-refractivity contribution >= 4 is 17.1 Å². The maximum atomic E-state index is 12.4. The van der Waals surface area contributed by atoms with Gasteiger partial charge in [0.25, 0.3) is 5.56 Å². The molecule has 2 N–H and O–H groups in total. The zero-order chi connectivity index (χ0) is 17.1. The van der Waals surface area contributed by atoms with Gasteiger partial charge in [0.2, 0.25) is 5.95 Å². The fourth-order valence-electron chi connectivity index (χ4n) is 2.84. The fourth-order valence-corrected chi connectivity index (χ4v) is 2.84. The highest BCUT2D eigenvalue weighted by atomic mass is 16.2. The summed E-state index contributed by atoms with van der Waals surface area (Å²) >= 11 is 0. The van der Waals surface area contributed by atoms with E-state index in [1.807, 2.05) is 11.5 Å². The summed E-state index contributed by atoms with van der Waals surface area (Å²) in [6, 6.07) is 0. The Bertz CT molecular complexity index is 797. The van der Waals surface area contributed by atoms with Crippen molar-refractivity contribution in [2.24, 2.45) is 14.1 Å². The number of rotatable bonds is 7. The van der Waals surface area contributed by atoms with Crippen molar-refractivity contribution in [1.82, 2.24) is 18.7 Å². The number of fused-ring (bicyclic) bond motifs is 1. The minimum absolute atomic E-state index is 0.306. The molecule has 0 aliphatic heterocycles. The molecule has 0 aliphatic carbocycles. The molecule has 0 saturated carbocycles. The first-order chi connectivity index (χ1) is 11.0. The van der Waals surface area contributed by atoms with Crippen LogP contribution in [-0.4, -0.2) is 44.9 Å². The lowest BCUT2D eigenvalue weighted by molar-refractivity contribution is -0.894. The number of nitrogens with one attached hydrogen (secondary N) is 2. The number of aryl methyl sites for hydroxylation is 2. The normalized spacial score (nSPS) is 11.6. The maximum Gasteiger partial charge on any atom is 0.332 e.